The number of benzene rings is 2. The smallest absolute Gasteiger partial charge is 0.122 e. The molecule has 20 heavy (non-hydrogen) atoms. The molecule has 0 aromatic heterocycles. The van der Waals surface area contributed by atoms with Gasteiger partial charge in [0.15, 0.2) is 0 Å². The van der Waals surface area contributed by atoms with Crippen molar-refractivity contribution in [1.82, 2.24) is 0 Å². The monoisotopic (exact) mass is 306 g/mol. The minimum atomic E-state index is 0.545. The highest BCUT2D eigenvalue weighted by atomic mass is 32.2. The lowest BCUT2D eigenvalue weighted by Gasteiger charge is -2.09. The van der Waals surface area contributed by atoms with Crippen LogP contribution < -0.4 is 9.47 Å². The van der Waals surface area contributed by atoms with Gasteiger partial charge in [-0.05, 0) is 61.0 Å². The molecule has 0 aliphatic carbocycles. The Morgan fingerprint density at radius 2 is 1.00 bits per heavy atom. The summed E-state index contributed by atoms with van der Waals surface area (Å²) in [5.41, 5.74) is 0. The summed E-state index contributed by atoms with van der Waals surface area (Å²) < 4.78 is 11.3. The third-order valence-corrected chi connectivity index (χ3v) is 4.23. The molecule has 0 saturated heterocycles. The Labute approximate surface area is 128 Å². The predicted molar refractivity (Wildman–Crippen MR) is 87.4 cm³/mol. The SMILES string of the molecule is CSc1ccc(OCCOc2ccc(SC)cc2)cc1. The van der Waals surface area contributed by atoms with E-state index in [9.17, 15) is 0 Å². The Balaban J connectivity index is 1.72. The number of rotatable bonds is 7. The van der Waals surface area contributed by atoms with Crippen LogP contribution in [-0.4, -0.2) is 25.7 Å². The van der Waals surface area contributed by atoms with Crippen molar-refractivity contribution in [3.05, 3.63) is 48.5 Å². The van der Waals surface area contributed by atoms with Gasteiger partial charge >= 0.3 is 0 Å². The van der Waals surface area contributed by atoms with Crippen LogP contribution in [-0.2, 0) is 0 Å². The molecule has 0 fully saturated rings. The minimum absolute atomic E-state index is 0.545. The van der Waals surface area contributed by atoms with Crippen molar-refractivity contribution in [2.24, 2.45) is 0 Å². The lowest BCUT2D eigenvalue weighted by atomic mass is 10.3. The predicted octanol–water partition coefficient (Wildman–Crippen LogP) is 4.59. The zero-order valence-electron chi connectivity index (χ0n) is 11.7. The van der Waals surface area contributed by atoms with Crippen LogP contribution in [0.15, 0.2) is 58.3 Å². The molecule has 2 aromatic carbocycles. The maximum atomic E-state index is 5.63. The first-order chi connectivity index (χ1) is 9.81. The Morgan fingerprint density at radius 3 is 1.30 bits per heavy atom. The van der Waals surface area contributed by atoms with Gasteiger partial charge in [0.1, 0.15) is 24.7 Å². The standard InChI is InChI=1S/C16H18O2S2/c1-19-15-7-3-13(4-8-15)17-11-12-18-14-5-9-16(20-2)10-6-14/h3-10H,11-12H2,1-2H3. The normalized spacial score (nSPS) is 10.3. The van der Waals surface area contributed by atoms with E-state index in [1.54, 1.807) is 23.5 Å². The second kappa shape index (κ2) is 8.12. The maximum absolute atomic E-state index is 5.63. The van der Waals surface area contributed by atoms with E-state index in [1.807, 2.05) is 24.3 Å². The molecule has 0 aliphatic heterocycles. The fourth-order valence-corrected chi connectivity index (χ4v) is 2.48. The van der Waals surface area contributed by atoms with Crippen LogP contribution in [0.25, 0.3) is 0 Å². The van der Waals surface area contributed by atoms with Crippen molar-refractivity contribution in [1.29, 1.82) is 0 Å². The van der Waals surface area contributed by atoms with E-state index >= 15 is 0 Å². The molecule has 0 atom stereocenters. The summed E-state index contributed by atoms with van der Waals surface area (Å²) in [5, 5.41) is 0. The molecule has 0 bridgehead atoms. The molecule has 2 aromatic rings. The van der Waals surface area contributed by atoms with Gasteiger partial charge in [-0.1, -0.05) is 0 Å². The fraction of sp³-hybridized carbons (Fsp3) is 0.250. The van der Waals surface area contributed by atoms with Crippen molar-refractivity contribution in [2.45, 2.75) is 9.79 Å². The quantitative estimate of drug-likeness (QED) is 0.550. The summed E-state index contributed by atoms with van der Waals surface area (Å²) >= 11 is 3.45. The molecule has 106 valence electrons. The van der Waals surface area contributed by atoms with E-state index in [0.717, 1.165) is 11.5 Å². The third-order valence-electron chi connectivity index (χ3n) is 2.74. The van der Waals surface area contributed by atoms with Gasteiger partial charge in [0.25, 0.3) is 0 Å². The Hall–Kier alpha value is -1.26. The molecule has 0 spiro atoms. The lowest BCUT2D eigenvalue weighted by Crippen LogP contribution is -2.08. The van der Waals surface area contributed by atoms with Gasteiger partial charge in [0.05, 0.1) is 0 Å². The molecule has 2 nitrogen and oxygen atoms in total. The Kier molecular flexibility index (Phi) is 6.15. The largest absolute Gasteiger partial charge is 0.490 e. The van der Waals surface area contributed by atoms with E-state index in [4.69, 9.17) is 9.47 Å². The summed E-state index contributed by atoms with van der Waals surface area (Å²) in [6.07, 6.45) is 4.12. The highest BCUT2D eigenvalue weighted by Crippen LogP contribution is 2.20. The van der Waals surface area contributed by atoms with Crippen molar-refractivity contribution in [3.8, 4) is 11.5 Å². The second-order valence-corrected chi connectivity index (χ2v) is 5.81. The highest BCUT2D eigenvalue weighted by molar-refractivity contribution is 7.98. The summed E-state index contributed by atoms with van der Waals surface area (Å²) in [4.78, 5) is 2.48. The zero-order valence-corrected chi connectivity index (χ0v) is 13.3. The fourth-order valence-electron chi connectivity index (χ4n) is 1.66. The van der Waals surface area contributed by atoms with E-state index in [1.165, 1.54) is 9.79 Å². The molecule has 0 radical (unpaired) electrons. The van der Waals surface area contributed by atoms with Gasteiger partial charge in [0, 0.05) is 9.79 Å². The third kappa shape index (κ3) is 4.69. The number of hydrogen-bond donors (Lipinski definition) is 0. The molecule has 0 unspecified atom stereocenters. The van der Waals surface area contributed by atoms with Crippen molar-refractivity contribution in [3.63, 3.8) is 0 Å². The summed E-state index contributed by atoms with van der Waals surface area (Å²) in [7, 11) is 0. The molecule has 0 amide bonds. The average molecular weight is 306 g/mol. The van der Waals surface area contributed by atoms with Crippen LogP contribution in [0.1, 0.15) is 0 Å². The molecule has 0 saturated carbocycles. The Bertz CT molecular complexity index is 460. The number of ether oxygens (including phenoxy) is 2. The van der Waals surface area contributed by atoms with Crippen LogP contribution in [0.4, 0.5) is 0 Å². The maximum Gasteiger partial charge on any atom is 0.122 e. The Morgan fingerprint density at radius 1 is 0.650 bits per heavy atom. The molecule has 0 heterocycles. The molecule has 2 rings (SSSR count). The van der Waals surface area contributed by atoms with Crippen molar-refractivity contribution in [2.75, 3.05) is 25.7 Å². The first kappa shape index (κ1) is 15.1. The van der Waals surface area contributed by atoms with Gasteiger partial charge < -0.3 is 9.47 Å². The van der Waals surface area contributed by atoms with E-state index in [2.05, 4.69) is 36.8 Å². The van der Waals surface area contributed by atoms with Gasteiger partial charge in [-0.3, -0.25) is 0 Å². The van der Waals surface area contributed by atoms with Crippen LogP contribution in [0, 0.1) is 0 Å². The van der Waals surface area contributed by atoms with E-state index in [0.29, 0.717) is 13.2 Å². The van der Waals surface area contributed by atoms with Gasteiger partial charge in [-0.15, -0.1) is 23.5 Å². The second-order valence-electron chi connectivity index (χ2n) is 4.05. The van der Waals surface area contributed by atoms with Crippen LogP contribution >= 0.6 is 23.5 Å². The topological polar surface area (TPSA) is 18.5 Å². The van der Waals surface area contributed by atoms with Gasteiger partial charge in [-0.2, -0.15) is 0 Å². The van der Waals surface area contributed by atoms with E-state index < -0.39 is 0 Å². The first-order valence-electron chi connectivity index (χ1n) is 6.35. The van der Waals surface area contributed by atoms with E-state index in [-0.39, 0.29) is 0 Å². The van der Waals surface area contributed by atoms with Crippen molar-refractivity contribution < 1.29 is 9.47 Å². The minimum Gasteiger partial charge on any atom is -0.490 e. The lowest BCUT2D eigenvalue weighted by molar-refractivity contribution is 0.217. The van der Waals surface area contributed by atoms with Gasteiger partial charge in [-0.25, -0.2) is 0 Å². The highest BCUT2D eigenvalue weighted by Gasteiger charge is 1.97. The summed E-state index contributed by atoms with van der Waals surface area (Å²) in [6.45, 7) is 1.09. The summed E-state index contributed by atoms with van der Waals surface area (Å²) in [6, 6.07) is 16.2. The molecule has 4 heteroatoms. The summed E-state index contributed by atoms with van der Waals surface area (Å²) in [5.74, 6) is 1.76. The zero-order chi connectivity index (χ0) is 14.2. The van der Waals surface area contributed by atoms with Crippen LogP contribution in [0.2, 0.25) is 0 Å². The molecule has 0 aliphatic rings. The van der Waals surface area contributed by atoms with Gasteiger partial charge in [0.2, 0.25) is 0 Å². The first-order valence-corrected chi connectivity index (χ1v) is 8.80. The average Bonchev–Trinajstić information content (AvgIpc) is 2.53. The molecule has 0 N–H and O–H groups in total. The van der Waals surface area contributed by atoms with Crippen LogP contribution in [0.5, 0.6) is 11.5 Å². The molecular weight excluding hydrogens is 288 g/mol. The molecular formula is C16H18O2S2. The number of thioether (sulfide) groups is 2. The van der Waals surface area contributed by atoms with Crippen molar-refractivity contribution >= 4 is 23.5 Å². The number of hydrogen-bond acceptors (Lipinski definition) is 4. The van der Waals surface area contributed by atoms with Crippen LogP contribution in [0.3, 0.4) is 0 Å².